The topological polar surface area (TPSA) is 69.6 Å². The van der Waals surface area contributed by atoms with Gasteiger partial charge < -0.3 is 10.3 Å². The SMILES string of the molecule is Cc1nc(Cl)c2c(n1)nc(N)n2C1CC1. The average Bonchev–Trinajstić information content (AvgIpc) is 2.89. The lowest BCUT2D eigenvalue weighted by molar-refractivity contribution is 0.777. The van der Waals surface area contributed by atoms with Crippen LogP contribution in [0.3, 0.4) is 0 Å². The van der Waals surface area contributed by atoms with E-state index in [9.17, 15) is 0 Å². The van der Waals surface area contributed by atoms with E-state index in [1.165, 1.54) is 0 Å². The zero-order chi connectivity index (χ0) is 10.6. The molecule has 3 rings (SSSR count). The van der Waals surface area contributed by atoms with Crippen molar-refractivity contribution in [2.75, 3.05) is 5.73 Å². The zero-order valence-electron chi connectivity index (χ0n) is 8.24. The maximum atomic E-state index is 6.09. The summed E-state index contributed by atoms with van der Waals surface area (Å²) in [5, 5.41) is 0.439. The molecule has 2 aromatic rings. The summed E-state index contributed by atoms with van der Waals surface area (Å²) in [6.07, 6.45) is 2.25. The highest BCUT2D eigenvalue weighted by Gasteiger charge is 2.29. The highest BCUT2D eigenvalue weighted by molar-refractivity contribution is 6.33. The molecule has 2 heterocycles. The Bertz CT molecular complexity index is 543. The Balaban J connectivity index is 2.38. The summed E-state index contributed by atoms with van der Waals surface area (Å²) >= 11 is 6.09. The summed E-state index contributed by atoms with van der Waals surface area (Å²) in [5.74, 6) is 1.10. The standard InChI is InChI=1S/C9H10ClN5/c1-4-12-7(10)6-8(13-4)14-9(11)15(6)5-2-3-5/h5H,2-3H2,1H3,(H2,11,12,13,14). The number of nitrogen functional groups attached to an aromatic ring is 1. The van der Waals surface area contributed by atoms with Gasteiger partial charge in [-0.3, -0.25) is 0 Å². The molecule has 15 heavy (non-hydrogen) atoms. The first kappa shape index (κ1) is 8.91. The summed E-state index contributed by atoms with van der Waals surface area (Å²) in [4.78, 5) is 12.5. The summed E-state index contributed by atoms with van der Waals surface area (Å²) in [5.41, 5.74) is 7.20. The first-order chi connectivity index (χ1) is 7.16. The van der Waals surface area contributed by atoms with Gasteiger partial charge in [-0.2, -0.15) is 4.98 Å². The van der Waals surface area contributed by atoms with Crippen LogP contribution in [0.1, 0.15) is 24.7 Å². The van der Waals surface area contributed by atoms with Crippen LogP contribution in [-0.2, 0) is 0 Å². The van der Waals surface area contributed by atoms with Crippen LogP contribution in [0, 0.1) is 6.92 Å². The van der Waals surface area contributed by atoms with Gasteiger partial charge in [-0.25, -0.2) is 9.97 Å². The van der Waals surface area contributed by atoms with E-state index >= 15 is 0 Å². The van der Waals surface area contributed by atoms with Crippen LogP contribution in [-0.4, -0.2) is 19.5 Å². The molecule has 0 aliphatic heterocycles. The monoisotopic (exact) mass is 223 g/mol. The fraction of sp³-hybridized carbons (Fsp3) is 0.444. The molecule has 1 aliphatic carbocycles. The summed E-state index contributed by atoms with van der Waals surface area (Å²) in [6.45, 7) is 1.79. The van der Waals surface area contributed by atoms with Crippen molar-refractivity contribution in [2.24, 2.45) is 0 Å². The number of hydrogen-bond acceptors (Lipinski definition) is 4. The van der Waals surface area contributed by atoms with Gasteiger partial charge in [-0.05, 0) is 19.8 Å². The van der Waals surface area contributed by atoms with Crippen molar-refractivity contribution in [3.63, 3.8) is 0 Å². The van der Waals surface area contributed by atoms with Gasteiger partial charge in [-0.15, -0.1) is 0 Å². The average molecular weight is 224 g/mol. The van der Waals surface area contributed by atoms with E-state index in [1.807, 2.05) is 4.57 Å². The number of rotatable bonds is 1. The minimum absolute atomic E-state index is 0.429. The molecule has 0 amide bonds. The van der Waals surface area contributed by atoms with Gasteiger partial charge in [0, 0.05) is 6.04 Å². The summed E-state index contributed by atoms with van der Waals surface area (Å²) < 4.78 is 1.94. The number of fused-ring (bicyclic) bond motifs is 1. The Kier molecular flexibility index (Phi) is 1.68. The van der Waals surface area contributed by atoms with Crippen LogP contribution in [0.4, 0.5) is 5.95 Å². The molecular weight excluding hydrogens is 214 g/mol. The molecule has 0 unspecified atom stereocenters. The fourth-order valence-electron chi connectivity index (χ4n) is 1.78. The van der Waals surface area contributed by atoms with Crippen molar-refractivity contribution < 1.29 is 0 Å². The second kappa shape index (κ2) is 2.82. The Labute approximate surface area is 91.3 Å². The molecule has 5 nitrogen and oxygen atoms in total. The van der Waals surface area contributed by atoms with Gasteiger partial charge >= 0.3 is 0 Å². The molecule has 0 saturated heterocycles. The molecule has 2 aromatic heterocycles. The van der Waals surface area contributed by atoms with Crippen LogP contribution in [0.5, 0.6) is 0 Å². The lowest BCUT2D eigenvalue weighted by Crippen LogP contribution is -2.01. The lowest BCUT2D eigenvalue weighted by Gasteiger charge is -2.03. The predicted octanol–water partition coefficient (Wildman–Crippen LogP) is 1.71. The van der Waals surface area contributed by atoms with E-state index in [4.69, 9.17) is 17.3 Å². The number of anilines is 1. The maximum absolute atomic E-state index is 6.09. The van der Waals surface area contributed by atoms with Gasteiger partial charge in [0.05, 0.1) is 0 Å². The van der Waals surface area contributed by atoms with Gasteiger partial charge in [-0.1, -0.05) is 11.6 Å². The van der Waals surface area contributed by atoms with Crippen molar-refractivity contribution in [2.45, 2.75) is 25.8 Å². The Hall–Kier alpha value is -1.36. The fourth-order valence-corrected chi connectivity index (χ4v) is 2.08. The van der Waals surface area contributed by atoms with Crippen LogP contribution in [0.25, 0.3) is 11.2 Å². The quantitative estimate of drug-likeness (QED) is 0.748. The third-order valence-electron chi connectivity index (χ3n) is 2.56. The van der Waals surface area contributed by atoms with E-state index in [0.29, 0.717) is 28.6 Å². The highest BCUT2D eigenvalue weighted by atomic mass is 35.5. The number of imidazole rings is 1. The minimum Gasteiger partial charge on any atom is -0.369 e. The third kappa shape index (κ3) is 1.26. The molecule has 6 heteroatoms. The van der Waals surface area contributed by atoms with E-state index in [-0.39, 0.29) is 0 Å². The molecule has 0 atom stereocenters. The van der Waals surface area contributed by atoms with Crippen LogP contribution < -0.4 is 5.73 Å². The lowest BCUT2D eigenvalue weighted by atomic mass is 10.5. The first-order valence-electron chi connectivity index (χ1n) is 4.84. The first-order valence-corrected chi connectivity index (χ1v) is 5.22. The second-order valence-corrected chi connectivity index (χ2v) is 4.16. The van der Waals surface area contributed by atoms with Gasteiger partial charge in [0.1, 0.15) is 11.3 Å². The molecule has 0 spiro atoms. The third-order valence-corrected chi connectivity index (χ3v) is 2.82. The highest BCUT2D eigenvalue weighted by Crippen LogP contribution is 2.40. The van der Waals surface area contributed by atoms with Crippen LogP contribution in [0.15, 0.2) is 0 Å². The van der Waals surface area contributed by atoms with Crippen LogP contribution >= 0.6 is 11.6 Å². The van der Waals surface area contributed by atoms with E-state index in [1.54, 1.807) is 6.92 Å². The predicted molar refractivity (Wildman–Crippen MR) is 57.8 cm³/mol. The molecule has 1 fully saturated rings. The second-order valence-electron chi connectivity index (χ2n) is 3.81. The molecular formula is C9H10ClN5. The zero-order valence-corrected chi connectivity index (χ0v) is 8.99. The maximum Gasteiger partial charge on any atom is 0.203 e. The smallest absolute Gasteiger partial charge is 0.203 e. The molecule has 1 saturated carbocycles. The van der Waals surface area contributed by atoms with E-state index in [0.717, 1.165) is 18.4 Å². The van der Waals surface area contributed by atoms with Crippen molar-refractivity contribution >= 4 is 28.7 Å². The number of hydrogen-bond donors (Lipinski definition) is 1. The number of nitrogens with two attached hydrogens (primary N) is 1. The normalized spacial score (nSPS) is 16.1. The van der Waals surface area contributed by atoms with Gasteiger partial charge in [0.15, 0.2) is 10.8 Å². The van der Waals surface area contributed by atoms with Crippen molar-refractivity contribution in [3.05, 3.63) is 11.0 Å². The molecule has 0 radical (unpaired) electrons. The molecule has 1 aliphatic rings. The van der Waals surface area contributed by atoms with E-state index < -0.39 is 0 Å². The number of nitrogens with zero attached hydrogens (tertiary/aromatic N) is 4. The molecule has 78 valence electrons. The van der Waals surface area contributed by atoms with Crippen molar-refractivity contribution in [1.82, 2.24) is 19.5 Å². The summed E-state index contributed by atoms with van der Waals surface area (Å²) in [6, 6.07) is 0.429. The Morgan fingerprint density at radius 3 is 2.73 bits per heavy atom. The molecule has 0 aromatic carbocycles. The minimum atomic E-state index is 0.429. The number of aromatic nitrogens is 4. The van der Waals surface area contributed by atoms with Crippen molar-refractivity contribution in [3.8, 4) is 0 Å². The Morgan fingerprint density at radius 2 is 2.07 bits per heavy atom. The molecule has 0 bridgehead atoms. The van der Waals surface area contributed by atoms with E-state index in [2.05, 4.69) is 15.0 Å². The van der Waals surface area contributed by atoms with Gasteiger partial charge in [0.2, 0.25) is 5.95 Å². The van der Waals surface area contributed by atoms with Crippen molar-refractivity contribution in [1.29, 1.82) is 0 Å². The Morgan fingerprint density at radius 1 is 1.33 bits per heavy atom. The molecule has 2 N–H and O–H groups in total. The van der Waals surface area contributed by atoms with Gasteiger partial charge in [0.25, 0.3) is 0 Å². The largest absolute Gasteiger partial charge is 0.369 e. The summed E-state index contributed by atoms with van der Waals surface area (Å²) in [7, 11) is 0. The number of halogens is 1. The number of aryl methyl sites for hydroxylation is 1. The van der Waals surface area contributed by atoms with Crippen LogP contribution in [0.2, 0.25) is 5.15 Å².